The Morgan fingerprint density at radius 2 is 1.69 bits per heavy atom. The molecule has 1 aliphatic rings. The highest BCUT2D eigenvalue weighted by molar-refractivity contribution is 6.06. The molecule has 0 aliphatic carbocycles. The second-order valence-electron chi connectivity index (χ2n) is 6.84. The van der Waals surface area contributed by atoms with Gasteiger partial charge in [-0.15, -0.1) is 6.42 Å². The number of hydroxylamine groups is 1. The number of carbonyl (C=O) groups is 4. The Morgan fingerprint density at radius 3 is 2.31 bits per heavy atom. The van der Waals surface area contributed by atoms with Crippen LogP contribution in [-0.2, 0) is 16.1 Å². The number of hydrogen-bond acceptors (Lipinski definition) is 5. The molecule has 9 heteroatoms. The largest absolute Gasteiger partial charge is 0.348 e. The smallest absolute Gasteiger partial charge is 0.274 e. The summed E-state index contributed by atoms with van der Waals surface area (Å²) in [4.78, 5) is 49.2. The third-order valence-electron chi connectivity index (χ3n) is 4.72. The van der Waals surface area contributed by atoms with Gasteiger partial charge in [0, 0.05) is 17.7 Å². The van der Waals surface area contributed by atoms with Gasteiger partial charge in [0.1, 0.15) is 5.70 Å². The molecule has 0 aromatic heterocycles. The van der Waals surface area contributed by atoms with Crippen LogP contribution in [0.15, 0.2) is 54.2 Å². The molecule has 0 atom stereocenters. The zero-order valence-electron chi connectivity index (χ0n) is 16.9. The van der Waals surface area contributed by atoms with Gasteiger partial charge < -0.3 is 10.6 Å². The Bertz CT molecular complexity index is 1110. The maximum absolute atomic E-state index is 12.4. The van der Waals surface area contributed by atoms with Gasteiger partial charge in [0.05, 0.1) is 13.1 Å². The molecule has 1 saturated heterocycles. The second-order valence-corrected chi connectivity index (χ2v) is 6.84. The van der Waals surface area contributed by atoms with E-state index in [1.54, 1.807) is 41.9 Å². The van der Waals surface area contributed by atoms with Crippen LogP contribution in [0.4, 0.5) is 0 Å². The highest BCUT2D eigenvalue weighted by atomic mass is 16.5. The van der Waals surface area contributed by atoms with Gasteiger partial charge in [-0.05, 0) is 41.5 Å². The van der Waals surface area contributed by atoms with Crippen molar-refractivity contribution in [3.63, 3.8) is 0 Å². The summed E-state index contributed by atoms with van der Waals surface area (Å²) in [5.74, 6) is 0.750. The van der Waals surface area contributed by atoms with E-state index in [0.29, 0.717) is 16.7 Å². The number of terminal acetylenes is 1. The molecule has 2 aromatic rings. The summed E-state index contributed by atoms with van der Waals surface area (Å²) in [6.45, 7) is 0.132. The molecule has 0 radical (unpaired) electrons. The zero-order chi connectivity index (χ0) is 23.1. The van der Waals surface area contributed by atoms with Crippen LogP contribution in [0.3, 0.4) is 0 Å². The van der Waals surface area contributed by atoms with E-state index in [4.69, 9.17) is 11.6 Å². The van der Waals surface area contributed by atoms with Crippen molar-refractivity contribution in [2.45, 2.75) is 6.54 Å². The highest BCUT2D eigenvalue weighted by Crippen LogP contribution is 2.15. The molecule has 4 amide bonds. The average molecular weight is 432 g/mol. The van der Waals surface area contributed by atoms with Crippen molar-refractivity contribution in [1.82, 2.24) is 21.0 Å². The van der Waals surface area contributed by atoms with E-state index in [1.807, 2.05) is 0 Å². The van der Waals surface area contributed by atoms with Crippen molar-refractivity contribution in [3.8, 4) is 12.3 Å². The third kappa shape index (κ3) is 5.19. The predicted molar refractivity (Wildman–Crippen MR) is 115 cm³/mol. The van der Waals surface area contributed by atoms with Crippen LogP contribution in [0.25, 0.3) is 6.08 Å². The van der Waals surface area contributed by atoms with Crippen LogP contribution in [0.5, 0.6) is 0 Å². The Morgan fingerprint density at radius 1 is 1.06 bits per heavy atom. The Hall–Kier alpha value is -4.42. The summed E-state index contributed by atoms with van der Waals surface area (Å²) in [6, 6.07) is 12.9. The fraction of sp³-hybridized carbons (Fsp3) is 0.130. The molecule has 0 spiro atoms. The summed E-state index contributed by atoms with van der Waals surface area (Å²) in [5.41, 5.74) is 3.80. The Kier molecular flexibility index (Phi) is 7.00. The molecule has 162 valence electrons. The van der Waals surface area contributed by atoms with Gasteiger partial charge in [-0.2, -0.15) is 0 Å². The normalized spacial score (nSPS) is 14.5. The number of nitrogens with one attached hydrogen (secondary N) is 3. The SMILES string of the molecule is C#CCN1C(=O)CNC(=O)/C1=C/c1ccc(C(=O)NCc2ccc(C(=O)NO)cc2)cc1. The molecule has 0 saturated carbocycles. The maximum atomic E-state index is 12.4. The van der Waals surface area contributed by atoms with Crippen molar-refractivity contribution in [3.05, 3.63) is 76.5 Å². The summed E-state index contributed by atoms with van der Waals surface area (Å²) in [5, 5.41) is 13.9. The van der Waals surface area contributed by atoms with Gasteiger partial charge in [0.2, 0.25) is 5.91 Å². The van der Waals surface area contributed by atoms with Gasteiger partial charge in [0.25, 0.3) is 17.7 Å². The lowest BCUT2D eigenvalue weighted by atomic mass is 10.1. The number of benzene rings is 2. The van der Waals surface area contributed by atoms with E-state index in [2.05, 4.69) is 16.6 Å². The van der Waals surface area contributed by atoms with E-state index in [9.17, 15) is 19.2 Å². The quantitative estimate of drug-likeness (QED) is 0.231. The molecule has 1 aliphatic heterocycles. The minimum Gasteiger partial charge on any atom is -0.348 e. The first kappa shape index (κ1) is 22.3. The molecule has 4 N–H and O–H groups in total. The predicted octanol–water partition coefficient (Wildman–Crippen LogP) is 0.668. The highest BCUT2D eigenvalue weighted by Gasteiger charge is 2.28. The topological polar surface area (TPSA) is 128 Å². The zero-order valence-corrected chi connectivity index (χ0v) is 16.9. The molecule has 3 rings (SSSR count). The molecule has 0 bridgehead atoms. The summed E-state index contributed by atoms with van der Waals surface area (Å²) in [7, 11) is 0. The lowest BCUT2D eigenvalue weighted by molar-refractivity contribution is -0.135. The van der Waals surface area contributed by atoms with Crippen molar-refractivity contribution in [2.24, 2.45) is 0 Å². The van der Waals surface area contributed by atoms with Gasteiger partial charge in [-0.3, -0.25) is 29.3 Å². The number of rotatable bonds is 6. The van der Waals surface area contributed by atoms with Crippen LogP contribution in [0, 0.1) is 12.3 Å². The molecular formula is C23H20N4O5. The van der Waals surface area contributed by atoms with E-state index in [1.165, 1.54) is 23.1 Å². The van der Waals surface area contributed by atoms with Crippen LogP contribution in [-0.4, -0.2) is 46.8 Å². The van der Waals surface area contributed by atoms with Gasteiger partial charge in [0.15, 0.2) is 0 Å². The first-order chi connectivity index (χ1) is 15.4. The number of piperazine rings is 1. The lowest BCUT2D eigenvalue weighted by Crippen LogP contribution is -2.49. The summed E-state index contributed by atoms with van der Waals surface area (Å²) in [6.07, 6.45) is 6.84. The number of carbonyl (C=O) groups excluding carboxylic acids is 4. The van der Waals surface area contributed by atoms with Gasteiger partial charge in [-0.25, -0.2) is 5.48 Å². The summed E-state index contributed by atoms with van der Waals surface area (Å²) < 4.78 is 0. The Labute approximate surface area is 184 Å². The molecule has 32 heavy (non-hydrogen) atoms. The first-order valence-electron chi connectivity index (χ1n) is 9.58. The van der Waals surface area contributed by atoms with E-state index < -0.39 is 11.8 Å². The maximum Gasteiger partial charge on any atom is 0.274 e. The van der Waals surface area contributed by atoms with Gasteiger partial charge >= 0.3 is 0 Å². The lowest BCUT2D eigenvalue weighted by Gasteiger charge is -2.27. The average Bonchev–Trinajstić information content (AvgIpc) is 2.82. The van der Waals surface area contributed by atoms with Crippen LogP contribution in [0.1, 0.15) is 31.8 Å². The number of hydrogen-bond donors (Lipinski definition) is 4. The van der Waals surface area contributed by atoms with Crippen LogP contribution in [0.2, 0.25) is 0 Å². The van der Waals surface area contributed by atoms with Crippen LogP contribution < -0.4 is 16.1 Å². The van der Waals surface area contributed by atoms with E-state index in [-0.39, 0.29) is 37.1 Å². The van der Waals surface area contributed by atoms with Crippen molar-refractivity contribution < 1.29 is 24.4 Å². The third-order valence-corrected chi connectivity index (χ3v) is 4.72. The monoisotopic (exact) mass is 432 g/mol. The van der Waals surface area contributed by atoms with E-state index in [0.717, 1.165) is 5.56 Å². The minimum absolute atomic E-state index is 0.00969. The van der Waals surface area contributed by atoms with Gasteiger partial charge in [-0.1, -0.05) is 30.2 Å². The van der Waals surface area contributed by atoms with Crippen molar-refractivity contribution >= 4 is 29.7 Å². The molecule has 1 fully saturated rings. The molecule has 9 nitrogen and oxygen atoms in total. The minimum atomic E-state index is -0.617. The number of amides is 4. The standard InChI is InChI=1S/C23H20N4O5/c1-2-11-27-19(23(31)25-14-20(27)28)12-15-3-7-17(8-4-15)21(29)24-13-16-5-9-18(10-6-16)22(30)26-32/h1,3-10,12,32H,11,13-14H2,(H,24,29)(H,25,31)(H,26,30)/b19-12-. The van der Waals surface area contributed by atoms with Crippen molar-refractivity contribution in [1.29, 1.82) is 0 Å². The second kappa shape index (κ2) is 10.1. The van der Waals surface area contributed by atoms with E-state index >= 15 is 0 Å². The fourth-order valence-corrected chi connectivity index (χ4v) is 3.02. The summed E-state index contributed by atoms with van der Waals surface area (Å²) >= 11 is 0. The van der Waals surface area contributed by atoms with Crippen molar-refractivity contribution in [2.75, 3.05) is 13.1 Å². The molecular weight excluding hydrogens is 412 g/mol. The Balaban J connectivity index is 1.66. The molecule has 1 heterocycles. The molecule has 0 unspecified atom stereocenters. The van der Waals surface area contributed by atoms with Crippen LogP contribution >= 0.6 is 0 Å². The molecule has 2 aromatic carbocycles. The fourth-order valence-electron chi connectivity index (χ4n) is 3.02. The number of nitrogens with zero attached hydrogens (tertiary/aromatic N) is 1. The first-order valence-corrected chi connectivity index (χ1v) is 9.58.